The molecule has 21 heavy (non-hydrogen) atoms. The molecule has 1 aliphatic carbocycles. The molecular formula is C15H17ClN2O3. The highest BCUT2D eigenvalue weighted by molar-refractivity contribution is 6.33. The molecule has 1 saturated carbocycles. The van der Waals surface area contributed by atoms with Crippen LogP contribution in [0.1, 0.15) is 25.7 Å². The van der Waals surface area contributed by atoms with E-state index < -0.39 is 0 Å². The summed E-state index contributed by atoms with van der Waals surface area (Å²) in [5, 5.41) is 14.3. The lowest BCUT2D eigenvalue weighted by Gasteiger charge is -2.26. The largest absolute Gasteiger partial charge is 0.448 e. The third kappa shape index (κ3) is 3.36. The first-order valence-corrected chi connectivity index (χ1v) is 7.51. The van der Waals surface area contributed by atoms with Crippen LogP contribution in [0.2, 0.25) is 5.02 Å². The Morgan fingerprint density at radius 2 is 2.10 bits per heavy atom. The Hall–Kier alpha value is -1.59. The van der Waals surface area contributed by atoms with Gasteiger partial charge in [-0.1, -0.05) is 41.7 Å². The Kier molecular flexibility index (Phi) is 4.41. The van der Waals surface area contributed by atoms with Gasteiger partial charge in [-0.3, -0.25) is 4.52 Å². The second-order valence-corrected chi connectivity index (χ2v) is 5.69. The van der Waals surface area contributed by atoms with Gasteiger partial charge >= 0.3 is 6.08 Å². The average molecular weight is 309 g/mol. The van der Waals surface area contributed by atoms with E-state index in [1.807, 2.05) is 18.2 Å². The molecule has 2 aromatic rings. The van der Waals surface area contributed by atoms with Gasteiger partial charge in [0.2, 0.25) is 5.82 Å². The number of hydrogen-bond acceptors (Lipinski definition) is 5. The summed E-state index contributed by atoms with van der Waals surface area (Å²) in [4.78, 5) is 4.18. The molecule has 1 aromatic carbocycles. The zero-order valence-electron chi connectivity index (χ0n) is 11.5. The number of rotatable bonds is 4. The number of aromatic nitrogens is 2. The zero-order chi connectivity index (χ0) is 14.7. The molecular weight excluding hydrogens is 292 g/mol. The average Bonchev–Trinajstić information content (AvgIpc) is 2.96. The summed E-state index contributed by atoms with van der Waals surface area (Å²) < 4.78 is 10.6. The Morgan fingerprint density at radius 3 is 2.90 bits per heavy atom. The van der Waals surface area contributed by atoms with Gasteiger partial charge in [0.25, 0.3) is 0 Å². The van der Waals surface area contributed by atoms with Gasteiger partial charge < -0.3 is 9.84 Å². The summed E-state index contributed by atoms with van der Waals surface area (Å²) in [6.07, 6.45) is 3.82. The van der Waals surface area contributed by atoms with E-state index in [1.165, 1.54) is 0 Å². The summed E-state index contributed by atoms with van der Waals surface area (Å²) in [5.74, 6) is 0.536. The van der Waals surface area contributed by atoms with Crippen molar-refractivity contribution in [1.29, 1.82) is 0 Å². The normalized spacial score (nSPS) is 22.2. The van der Waals surface area contributed by atoms with Crippen molar-refractivity contribution in [3.05, 3.63) is 29.3 Å². The van der Waals surface area contributed by atoms with Gasteiger partial charge in [-0.25, -0.2) is 0 Å². The predicted molar refractivity (Wildman–Crippen MR) is 78.2 cm³/mol. The molecule has 3 rings (SSSR count). The summed E-state index contributed by atoms with van der Waals surface area (Å²) in [6.45, 7) is 0.394. The minimum absolute atomic E-state index is 0.114. The van der Waals surface area contributed by atoms with Crippen molar-refractivity contribution in [2.45, 2.75) is 31.8 Å². The van der Waals surface area contributed by atoms with Crippen LogP contribution >= 0.6 is 11.6 Å². The van der Waals surface area contributed by atoms with Gasteiger partial charge in [-0.15, -0.1) is 0 Å². The fourth-order valence-electron chi connectivity index (χ4n) is 2.58. The highest BCUT2D eigenvalue weighted by Gasteiger charge is 2.24. The Morgan fingerprint density at radius 1 is 1.29 bits per heavy atom. The number of benzene rings is 1. The van der Waals surface area contributed by atoms with Crippen molar-refractivity contribution < 1.29 is 14.4 Å². The number of halogens is 1. The number of hydrogen-bond donors (Lipinski definition) is 1. The number of aliphatic hydroxyl groups is 1. The first-order valence-electron chi connectivity index (χ1n) is 7.13. The third-order valence-corrected chi connectivity index (χ3v) is 4.14. The van der Waals surface area contributed by atoms with E-state index in [9.17, 15) is 5.11 Å². The van der Waals surface area contributed by atoms with Crippen molar-refractivity contribution in [2.75, 3.05) is 6.61 Å². The molecule has 1 N–H and O–H groups in total. The van der Waals surface area contributed by atoms with E-state index in [2.05, 4.69) is 10.1 Å². The lowest BCUT2D eigenvalue weighted by atomic mass is 9.87. The van der Waals surface area contributed by atoms with E-state index in [-0.39, 0.29) is 18.1 Å². The van der Waals surface area contributed by atoms with Gasteiger partial charge in [0.1, 0.15) is 0 Å². The van der Waals surface area contributed by atoms with Crippen LogP contribution in [-0.2, 0) is 0 Å². The monoisotopic (exact) mass is 308 g/mol. The first kappa shape index (κ1) is 14.4. The Bertz CT molecular complexity index is 602. The molecule has 1 fully saturated rings. The number of nitrogens with zero attached hydrogens (tertiary/aromatic N) is 2. The Labute approximate surface area is 127 Å². The molecule has 0 radical (unpaired) electrons. The fraction of sp³-hybridized carbons (Fsp3) is 0.467. The molecule has 0 saturated heterocycles. The maximum atomic E-state index is 9.90. The van der Waals surface area contributed by atoms with Crippen molar-refractivity contribution in [3.8, 4) is 17.5 Å². The molecule has 0 amide bonds. The van der Waals surface area contributed by atoms with Crippen molar-refractivity contribution in [1.82, 2.24) is 10.1 Å². The molecule has 6 heteroatoms. The van der Waals surface area contributed by atoms with Gasteiger partial charge in [-0.2, -0.15) is 4.98 Å². The zero-order valence-corrected chi connectivity index (χ0v) is 12.3. The SMILES string of the molecule is O[C@H]1CCCC[C@H]1COc1nc(-c2ccccc2Cl)no1. The number of ether oxygens (including phenoxy) is 1. The second-order valence-electron chi connectivity index (χ2n) is 5.29. The highest BCUT2D eigenvalue weighted by Crippen LogP contribution is 2.28. The van der Waals surface area contributed by atoms with E-state index in [4.69, 9.17) is 20.9 Å². The molecule has 2 atom stereocenters. The van der Waals surface area contributed by atoms with E-state index in [1.54, 1.807) is 6.07 Å². The van der Waals surface area contributed by atoms with Crippen LogP contribution in [0.4, 0.5) is 0 Å². The molecule has 1 aliphatic rings. The predicted octanol–water partition coefficient (Wildman–Crippen LogP) is 3.32. The van der Waals surface area contributed by atoms with Gasteiger partial charge in [-0.05, 0) is 25.0 Å². The smallest absolute Gasteiger partial charge is 0.417 e. The minimum Gasteiger partial charge on any atom is -0.448 e. The lowest BCUT2D eigenvalue weighted by Crippen LogP contribution is -2.29. The highest BCUT2D eigenvalue weighted by atomic mass is 35.5. The van der Waals surface area contributed by atoms with Crippen molar-refractivity contribution in [2.24, 2.45) is 5.92 Å². The maximum absolute atomic E-state index is 9.90. The maximum Gasteiger partial charge on any atom is 0.417 e. The van der Waals surface area contributed by atoms with Gasteiger partial charge in [0.05, 0.1) is 17.7 Å². The third-order valence-electron chi connectivity index (χ3n) is 3.81. The van der Waals surface area contributed by atoms with Crippen LogP contribution in [-0.4, -0.2) is 28.0 Å². The molecule has 0 aliphatic heterocycles. The molecule has 0 unspecified atom stereocenters. The molecule has 5 nitrogen and oxygen atoms in total. The molecule has 112 valence electrons. The van der Waals surface area contributed by atoms with E-state index in [0.29, 0.717) is 23.0 Å². The van der Waals surface area contributed by atoms with Crippen LogP contribution in [0.5, 0.6) is 6.08 Å². The molecule has 1 aromatic heterocycles. The second kappa shape index (κ2) is 6.45. The van der Waals surface area contributed by atoms with E-state index in [0.717, 1.165) is 25.7 Å². The van der Waals surface area contributed by atoms with Crippen molar-refractivity contribution >= 4 is 11.6 Å². The summed E-state index contributed by atoms with van der Waals surface area (Å²) >= 11 is 6.09. The Balaban J connectivity index is 1.64. The summed E-state index contributed by atoms with van der Waals surface area (Å²) in [6, 6.07) is 7.29. The van der Waals surface area contributed by atoms with Crippen LogP contribution in [0.15, 0.2) is 28.8 Å². The standard InChI is InChI=1S/C15H17ClN2O3/c16-12-7-3-2-6-11(12)14-17-15(21-18-14)20-9-10-5-1-4-8-13(10)19/h2-3,6-7,10,13,19H,1,4-5,8-9H2/t10-,13-/m0/s1. The lowest BCUT2D eigenvalue weighted by molar-refractivity contribution is 0.0331. The molecule has 1 heterocycles. The quantitative estimate of drug-likeness (QED) is 0.938. The van der Waals surface area contributed by atoms with Crippen molar-refractivity contribution in [3.63, 3.8) is 0 Å². The minimum atomic E-state index is -0.301. The number of aliphatic hydroxyl groups excluding tert-OH is 1. The topological polar surface area (TPSA) is 68.4 Å². The van der Waals surface area contributed by atoms with Crippen LogP contribution in [0.25, 0.3) is 11.4 Å². The van der Waals surface area contributed by atoms with Crippen LogP contribution in [0.3, 0.4) is 0 Å². The van der Waals surface area contributed by atoms with Crippen LogP contribution in [0, 0.1) is 5.92 Å². The summed E-state index contributed by atoms with van der Waals surface area (Å²) in [7, 11) is 0. The van der Waals surface area contributed by atoms with E-state index >= 15 is 0 Å². The van der Waals surface area contributed by atoms with Gasteiger partial charge in [0.15, 0.2) is 0 Å². The summed E-state index contributed by atoms with van der Waals surface area (Å²) in [5.41, 5.74) is 0.704. The van der Waals surface area contributed by atoms with Crippen LogP contribution < -0.4 is 4.74 Å². The van der Waals surface area contributed by atoms with Gasteiger partial charge in [0, 0.05) is 11.5 Å². The molecule has 0 spiro atoms. The fourth-order valence-corrected chi connectivity index (χ4v) is 2.80. The molecule has 0 bridgehead atoms. The first-order chi connectivity index (χ1) is 10.2.